The summed E-state index contributed by atoms with van der Waals surface area (Å²) in [6, 6.07) is 13.8. The second-order valence-electron chi connectivity index (χ2n) is 7.03. The fourth-order valence-corrected chi connectivity index (χ4v) is 3.73. The van der Waals surface area contributed by atoms with E-state index >= 15 is 0 Å². The molecule has 2 aliphatic rings. The third kappa shape index (κ3) is 3.96. The highest BCUT2D eigenvalue weighted by atomic mass is 16.5. The number of rotatable bonds is 3. The Labute approximate surface area is 159 Å². The molecule has 0 aliphatic carbocycles. The Bertz CT molecular complexity index is 777. The van der Waals surface area contributed by atoms with Gasteiger partial charge in [0.15, 0.2) is 0 Å². The van der Waals surface area contributed by atoms with Gasteiger partial charge in [-0.1, -0.05) is 30.3 Å². The number of carbonyl (C=O) groups is 1. The maximum atomic E-state index is 13.4. The van der Waals surface area contributed by atoms with Crippen LogP contribution in [0.3, 0.4) is 0 Å². The summed E-state index contributed by atoms with van der Waals surface area (Å²) >= 11 is 0. The normalized spacial score (nSPS) is 23.3. The van der Waals surface area contributed by atoms with Crippen LogP contribution in [-0.2, 0) is 9.47 Å². The molecule has 0 spiro atoms. The highest BCUT2D eigenvalue weighted by molar-refractivity contribution is 5.99. The standard InChI is InChI=1S/C21H25N3O3/c1-16-14-24(15-19(27-16)17-6-3-2-4-7-17)21(25)18-8-5-9-22-20(18)23-10-12-26-13-11-23/h2-9,16,19H,10-15H2,1H3/t16-,19-/m0/s1. The third-order valence-corrected chi connectivity index (χ3v) is 5.05. The van der Waals surface area contributed by atoms with Crippen LogP contribution < -0.4 is 4.90 Å². The second kappa shape index (κ2) is 8.06. The Kier molecular flexibility index (Phi) is 5.36. The maximum absolute atomic E-state index is 13.4. The van der Waals surface area contributed by atoms with Gasteiger partial charge in [-0.15, -0.1) is 0 Å². The van der Waals surface area contributed by atoms with Crippen molar-refractivity contribution < 1.29 is 14.3 Å². The van der Waals surface area contributed by atoms with Crippen LogP contribution in [0.5, 0.6) is 0 Å². The van der Waals surface area contributed by atoms with E-state index in [1.165, 1.54) is 0 Å². The summed E-state index contributed by atoms with van der Waals surface area (Å²) in [5, 5.41) is 0. The molecular formula is C21H25N3O3. The van der Waals surface area contributed by atoms with Gasteiger partial charge in [0.1, 0.15) is 11.9 Å². The zero-order chi connectivity index (χ0) is 18.6. The first-order valence-electron chi connectivity index (χ1n) is 9.50. The fraction of sp³-hybridized carbons (Fsp3) is 0.429. The molecule has 2 fully saturated rings. The summed E-state index contributed by atoms with van der Waals surface area (Å²) in [4.78, 5) is 21.9. The molecule has 2 aromatic rings. The van der Waals surface area contributed by atoms with Gasteiger partial charge in [0.2, 0.25) is 0 Å². The second-order valence-corrected chi connectivity index (χ2v) is 7.03. The smallest absolute Gasteiger partial charge is 0.257 e. The van der Waals surface area contributed by atoms with Crippen molar-refractivity contribution in [2.75, 3.05) is 44.3 Å². The van der Waals surface area contributed by atoms with Gasteiger partial charge in [-0.3, -0.25) is 4.79 Å². The summed E-state index contributed by atoms with van der Waals surface area (Å²) in [5.41, 5.74) is 1.75. The van der Waals surface area contributed by atoms with E-state index in [9.17, 15) is 4.79 Å². The van der Waals surface area contributed by atoms with Crippen molar-refractivity contribution in [3.63, 3.8) is 0 Å². The topological polar surface area (TPSA) is 54.9 Å². The number of hydrogen-bond acceptors (Lipinski definition) is 5. The van der Waals surface area contributed by atoms with E-state index in [1.54, 1.807) is 6.20 Å². The minimum atomic E-state index is -0.109. The first-order chi connectivity index (χ1) is 13.2. The fourth-order valence-electron chi connectivity index (χ4n) is 3.73. The lowest BCUT2D eigenvalue weighted by Gasteiger charge is -2.38. The first-order valence-corrected chi connectivity index (χ1v) is 9.50. The Morgan fingerprint density at radius 3 is 2.63 bits per heavy atom. The quantitative estimate of drug-likeness (QED) is 0.834. The van der Waals surface area contributed by atoms with E-state index in [-0.39, 0.29) is 18.1 Å². The van der Waals surface area contributed by atoms with Crippen LogP contribution in [-0.4, -0.2) is 61.3 Å². The summed E-state index contributed by atoms with van der Waals surface area (Å²) < 4.78 is 11.5. The molecule has 2 saturated heterocycles. The van der Waals surface area contributed by atoms with E-state index in [4.69, 9.17) is 9.47 Å². The molecule has 6 nitrogen and oxygen atoms in total. The van der Waals surface area contributed by atoms with Crippen LogP contribution in [0.4, 0.5) is 5.82 Å². The molecule has 27 heavy (non-hydrogen) atoms. The van der Waals surface area contributed by atoms with Gasteiger partial charge in [-0.2, -0.15) is 0 Å². The number of pyridine rings is 1. The van der Waals surface area contributed by atoms with Crippen LogP contribution in [0.1, 0.15) is 28.9 Å². The number of morpholine rings is 2. The summed E-state index contributed by atoms with van der Waals surface area (Å²) in [6.45, 7) is 5.97. The molecule has 3 heterocycles. The van der Waals surface area contributed by atoms with Crippen molar-refractivity contribution >= 4 is 11.7 Å². The minimum Gasteiger partial charge on any atom is -0.378 e. The predicted octanol–water partition coefficient (Wildman–Crippen LogP) is 2.52. The van der Waals surface area contributed by atoms with Crippen molar-refractivity contribution in [3.05, 3.63) is 59.8 Å². The van der Waals surface area contributed by atoms with E-state index in [1.807, 2.05) is 42.2 Å². The van der Waals surface area contributed by atoms with Gasteiger partial charge >= 0.3 is 0 Å². The summed E-state index contributed by atoms with van der Waals surface area (Å²) in [6.07, 6.45) is 1.62. The summed E-state index contributed by atoms with van der Waals surface area (Å²) in [5.74, 6) is 0.766. The number of nitrogens with zero attached hydrogens (tertiary/aromatic N) is 3. The highest BCUT2D eigenvalue weighted by Crippen LogP contribution is 2.28. The number of aromatic nitrogens is 1. The molecular weight excluding hydrogens is 342 g/mol. The molecule has 1 aromatic heterocycles. The Morgan fingerprint density at radius 2 is 1.85 bits per heavy atom. The van der Waals surface area contributed by atoms with Crippen molar-refractivity contribution in [1.29, 1.82) is 0 Å². The molecule has 1 aromatic carbocycles. The summed E-state index contributed by atoms with van der Waals surface area (Å²) in [7, 11) is 0. The zero-order valence-electron chi connectivity index (χ0n) is 15.6. The number of benzene rings is 1. The Hall–Kier alpha value is -2.44. The van der Waals surface area contributed by atoms with Crippen LogP contribution in [0.15, 0.2) is 48.7 Å². The number of carbonyl (C=O) groups excluding carboxylic acids is 1. The molecule has 0 bridgehead atoms. The Balaban J connectivity index is 1.57. The molecule has 4 rings (SSSR count). The van der Waals surface area contributed by atoms with Crippen LogP contribution in [0.25, 0.3) is 0 Å². The van der Waals surface area contributed by atoms with Gasteiger partial charge in [0.25, 0.3) is 5.91 Å². The zero-order valence-corrected chi connectivity index (χ0v) is 15.6. The monoisotopic (exact) mass is 367 g/mol. The van der Waals surface area contributed by atoms with Crippen molar-refractivity contribution in [2.24, 2.45) is 0 Å². The molecule has 2 atom stereocenters. The molecule has 0 radical (unpaired) electrons. The average molecular weight is 367 g/mol. The predicted molar refractivity (Wildman–Crippen MR) is 103 cm³/mol. The number of anilines is 1. The molecule has 0 N–H and O–H groups in total. The lowest BCUT2D eigenvalue weighted by molar-refractivity contribution is -0.0691. The van der Waals surface area contributed by atoms with E-state index in [0.29, 0.717) is 31.9 Å². The van der Waals surface area contributed by atoms with Crippen molar-refractivity contribution in [2.45, 2.75) is 19.1 Å². The van der Waals surface area contributed by atoms with Crippen molar-refractivity contribution in [3.8, 4) is 0 Å². The molecule has 0 unspecified atom stereocenters. The van der Waals surface area contributed by atoms with Gasteiger partial charge in [0.05, 0.1) is 31.4 Å². The van der Waals surface area contributed by atoms with E-state index in [2.05, 4.69) is 22.0 Å². The van der Waals surface area contributed by atoms with Crippen LogP contribution >= 0.6 is 0 Å². The first kappa shape index (κ1) is 17.9. The van der Waals surface area contributed by atoms with Crippen LogP contribution in [0.2, 0.25) is 0 Å². The molecule has 6 heteroatoms. The number of amides is 1. The van der Waals surface area contributed by atoms with Gasteiger partial charge < -0.3 is 19.3 Å². The lowest BCUT2D eigenvalue weighted by Crippen LogP contribution is -2.46. The SMILES string of the molecule is C[C@H]1CN(C(=O)c2cccnc2N2CCOCC2)C[C@@H](c2ccccc2)O1. The van der Waals surface area contributed by atoms with Crippen LogP contribution in [0, 0.1) is 0 Å². The molecule has 1 amide bonds. The van der Waals surface area contributed by atoms with Gasteiger partial charge in [-0.05, 0) is 24.6 Å². The molecule has 0 saturated carbocycles. The highest BCUT2D eigenvalue weighted by Gasteiger charge is 2.31. The molecule has 2 aliphatic heterocycles. The Morgan fingerprint density at radius 1 is 1.07 bits per heavy atom. The lowest BCUT2D eigenvalue weighted by atomic mass is 10.1. The minimum absolute atomic E-state index is 0.0145. The van der Waals surface area contributed by atoms with Crippen molar-refractivity contribution in [1.82, 2.24) is 9.88 Å². The maximum Gasteiger partial charge on any atom is 0.257 e. The number of hydrogen-bond donors (Lipinski definition) is 0. The number of ether oxygens (including phenoxy) is 2. The average Bonchev–Trinajstić information content (AvgIpc) is 2.74. The van der Waals surface area contributed by atoms with Gasteiger partial charge in [0, 0.05) is 25.8 Å². The van der Waals surface area contributed by atoms with E-state index < -0.39 is 0 Å². The largest absolute Gasteiger partial charge is 0.378 e. The van der Waals surface area contributed by atoms with E-state index in [0.717, 1.165) is 24.5 Å². The van der Waals surface area contributed by atoms with Gasteiger partial charge in [-0.25, -0.2) is 4.98 Å². The molecule has 142 valence electrons. The third-order valence-electron chi connectivity index (χ3n) is 5.05.